The van der Waals surface area contributed by atoms with Crippen LogP contribution in [-0.4, -0.2) is 10.0 Å². The second kappa shape index (κ2) is 5.82. The molecule has 0 bridgehead atoms. The molecule has 0 saturated heterocycles. The van der Waals surface area contributed by atoms with Crippen LogP contribution in [0.25, 0.3) is 6.08 Å². The molecular formula is C12H13NO3. The van der Waals surface area contributed by atoms with E-state index >= 15 is 0 Å². The minimum absolute atomic E-state index is 0.0363. The van der Waals surface area contributed by atoms with E-state index < -0.39 is 4.92 Å². The summed E-state index contributed by atoms with van der Waals surface area (Å²) in [5.74, 6) is 0. The Balaban J connectivity index is 3.22. The highest BCUT2D eigenvalue weighted by molar-refractivity contribution is 5.64. The molecule has 16 heavy (non-hydrogen) atoms. The lowest BCUT2D eigenvalue weighted by atomic mass is 10.1. The van der Waals surface area contributed by atoms with Crippen LogP contribution in [0.1, 0.15) is 18.1 Å². The van der Waals surface area contributed by atoms with Gasteiger partial charge in [-0.3, -0.25) is 10.1 Å². The first-order valence-corrected chi connectivity index (χ1v) is 4.87. The van der Waals surface area contributed by atoms with Crippen molar-refractivity contribution in [1.29, 1.82) is 0 Å². The molecule has 0 heterocycles. The van der Waals surface area contributed by atoms with Crippen molar-refractivity contribution in [3.05, 3.63) is 57.7 Å². The summed E-state index contributed by atoms with van der Waals surface area (Å²) < 4.78 is 0. The van der Waals surface area contributed by atoms with Crippen molar-refractivity contribution in [3.63, 3.8) is 0 Å². The minimum atomic E-state index is -0.471. The lowest BCUT2D eigenvalue weighted by Crippen LogP contribution is -1.97. The van der Waals surface area contributed by atoms with Crippen molar-refractivity contribution in [2.75, 3.05) is 0 Å². The number of nitro benzene ring substituents is 1. The number of hydrogen-bond donors (Lipinski definition) is 1. The molecule has 1 N–H and O–H groups in total. The number of benzene rings is 1. The second-order valence-corrected chi connectivity index (χ2v) is 3.16. The first-order chi connectivity index (χ1) is 7.70. The van der Waals surface area contributed by atoms with Crippen molar-refractivity contribution >= 4 is 11.8 Å². The maximum absolute atomic E-state index is 10.9. The molecule has 1 aromatic rings. The van der Waals surface area contributed by atoms with E-state index in [1.54, 1.807) is 36.4 Å². The molecule has 1 aromatic carbocycles. The molecule has 0 aliphatic carbocycles. The SMILES string of the molecule is C/C=C/C=C/c1cccc(CO)c1[N+](=O)[O-]. The van der Waals surface area contributed by atoms with E-state index in [0.717, 1.165) is 0 Å². The summed E-state index contributed by atoms with van der Waals surface area (Å²) in [7, 11) is 0. The van der Waals surface area contributed by atoms with Gasteiger partial charge in [-0.2, -0.15) is 0 Å². The standard InChI is InChI=1S/C12H13NO3/c1-2-3-4-6-10-7-5-8-11(9-14)12(10)13(15)16/h2-8,14H,9H2,1H3/b3-2+,6-4+. The van der Waals surface area contributed by atoms with Crippen LogP contribution < -0.4 is 0 Å². The molecule has 0 radical (unpaired) electrons. The fourth-order valence-corrected chi connectivity index (χ4v) is 1.37. The lowest BCUT2D eigenvalue weighted by Gasteiger charge is -2.02. The van der Waals surface area contributed by atoms with Crippen LogP contribution >= 0.6 is 0 Å². The highest BCUT2D eigenvalue weighted by Crippen LogP contribution is 2.24. The zero-order valence-corrected chi connectivity index (χ0v) is 8.96. The van der Waals surface area contributed by atoms with E-state index in [1.165, 1.54) is 0 Å². The van der Waals surface area contributed by atoms with Gasteiger partial charge >= 0.3 is 0 Å². The Hall–Kier alpha value is -1.94. The molecule has 0 fully saturated rings. The van der Waals surface area contributed by atoms with Gasteiger partial charge in [0.15, 0.2) is 0 Å². The predicted molar refractivity (Wildman–Crippen MR) is 62.9 cm³/mol. The van der Waals surface area contributed by atoms with Gasteiger partial charge in [0.2, 0.25) is 0 Å². The molecule has 84 valence electrons. The Morgan fingerprint density at radius 2 is 2.19 bits per heavy atom. The van der Waals surface area contributed by atoms with E-state index in [4.69, 9.17) is 5.11 Å². The van der Waals surface area contributed by atoms with Crippen LogP contribution in [0.3, 0.4) is 0 Å². The molecule has 4 nitrogen and oxygen atoms in total. The third-order valence-electron chi connectivity index (χ3n) is 2.08. The van der Waals surface area contributed by atoms with Crippen LogP contribution in [0.15, 0.2) is 36.4 Å². The summed E-state index contributed by atoms with van der Waals surface area (Å²) in [6.07, 6.45) is 6.99. The zero-order valence-electron chi connectivity index (χ0n) is 8.96. The number of hydrogen-bond acceptors (Lipinski definition) is 3. The van der Waals surface area contributed by atoms with E-state index in [9.17, 15) is 10.1 Å². The maximum atomic E-state index is 10.9. The minimum Gasteiger partial charge on any atom is -0.391 e. The van der Waals surface area contributed by atoms with Crippen LogP contribution in [-0.2, 0) is 6.61 Å². The number of nitro groups is 1. The molecule has 0 aromatic heterocycles. The topological polar surface area (TPSA) is 63.4 Å². The van der Waals surface area contributed by atoms with Crippen LogP contribution in [0.2, 0.25) is 0 Å². The summed E-state index contributed by atoms with van der Waals surface area (Å²) in [5.41, 5.74) is 0.785. The average molecular weight is 219 g/mol. The number of aliphatic hydroxyl groups excluding tert-OH is 1. The monoisotopic (exact) mass is 219 g/mol. The average Bonchev–Trinajstić information content (AvgIpc) is 2.28. The van der Waals surface area contributed by atoms with Crippen molar-refractivity contribution in [3.8, 4) is 0 Å². The molecule has 0 spiro atoms. The number of aliphatic hydroxyl groups is 1. The van der Waals surface area contributed by atoms with Gasteiger partial charge in [0.25, 0.3) is 5.69 Å². The number of allylic oxidation sites excluding steroid dienone is 3. The summed E-state index contributed by atoms with van der Waals surface area (Å²) in [5, 5.41) is 19.9. The third-order valence-corrected chi connectivity index (χ3v) is 2.08. The predicted octanol–water partition coefficient (Wildman–Crippen LogP) is 2.68. The lowest BCUT2D eigenvalue weighted by molar-refractivity contribution is -0.386. The van der Waals surface area contributed by atoms with E-state index in [0.29, 0.717) is 11.1 Å². The Labute approximate surface area is 93.7 Å². The molecule has 0 saturated carbocycles. The summed E-state index contributed by atoms with van der Waals surface area (Å²) in [6, 6.07) is 4.89. The van der Waals surface area contributed by atoms with Gasteiger partial charge in [0.05, 0.1) is 22.7 Å². The van der Waals surface area contributed by atoms with E-state index in [1.807, 2.05) is 13.0 Å². The zero-order chi connectivity index (χ0) is 12.0. The number of nitrogens with zero attached hydrogens (tertiary/aromatic N) is 1. The van der Waals surface area contributed by atoms with Crippen LogP contribution in [0, 0.1) is 10.1 Å². The van der Waals surface area contributed by atoms with Gasteiger partial charge < -0.3 is 5.11 Å². The molecule has 0 aliphatic rings. The molecule has 4 heteroatoms. The first-order valence-electron chi connectivity index (χ1n) is 4.87. The molecule has 0 aliphatic heterocycles. The number of rotatable bonds is 4. The highest BCUT2D eigenvalue weighted by Gasteiger charge is 2.16. The van der Waals surface area contributed by atoms with Crippen molar-refractivity contribution in [2.45, 2.75) is 13.5 Å². The Bertz CT molecular complexity index is 436. The van der Waals surface area contributed by atoms with Gasteiger partial charge in [-0.05, 0) is 25.1 Å². The van der Waals surface area contributed by atoms with Gasteiger partial charge in [-0.1, -0.05) is 24.3 Å². The van der Waals surface area contributed by atoms with Crippen molar-refractivity contribution in [2.24, 2.45) is 0 Å². The Kier molecular flexibility index (Phi) is 4.42. The van der Waals surface area contributed by atoms with E-state index in [2.05, 4.69) is 0 Å². The third kappa shape index (κ3) is 2.77. The normalized spacial score (nSPS) is 11.4. The molecular weight excluding hydrogens is 206 g/mol. The Morgan fingerprint density at radius 1 is 1.44 bits per heavy atom. The van der Waals surface area contributed by atoms with Crippen molar-refractivity contribution < 1.29 is 10.0 Å². The Morgan fingerprint density at radius 3 is 2.75 bits per heavy atom. The quantitative estimate of drug-likeness (QED) is 0.481. The largest absolute Gasteiger partial charge is 0.391 e. The van der Waals surface area contributed by atoms with E-state index in [-0.39, 0.29) is 12.3 Å². The summed E-state index contributed by atoms with van der Waals surface area (Å²) >= 11 is 0. The smallest absolute Gasteiger partial charge is 0.282 e. The molecule has 0 unspecified atom stereocenters. The maximum Gasteiger partial charge on any atom is 0.282 e. The second-order valence-electron chi connectivity index (χ2n) is 3.16. The van der Waals surface area contributed by atoms with Gasteiger partial charge in [-0.15, -0.1) is 0 Å². The number of para-hydroxylation sites is 1. The fourth-order valence-electron chi connectivity index (χ4n) is 1.37. The van der Waals surface area contributed by atoms with Crippen LogP contribution in [0.4, 0.5) is 5.69 Å². The summed E-state index contributed by atoms with van der Waals surface area (Å²) in [6.45, 7) is 1.53. The molecule has 0 amide bonds. The first kappa shape index (κ1) is 12.1. The summed E-state index contributed by atoms with van der Waals surface area (Å²) in [4.78, 5) is 10.4. The van der Waals surface area contributed by atoms with Gasteiger partial charge in [-0.25, -0.2) is 0 Å². The van der Waals surface area contributed by atoms with Crippen molar-refractivity contribution in [1.82, 2.24) is 0 Å². The van der Waals surface area contributed by atoms with Gasteiger partial charge in [0, 0.05) is 0 Å². The molecule has 1 rings (SSSR count). The van der Waals surface area contributed by atoms with Gasteiger partial charge in [0.1, 0.15) is 0 Å². The van der Waals surface area contributed by atoms with Crippen LogP contribution in [0.5, 0.6) is 0 Å². The highest BCUT2D eigenvalue weighted by atomic mass is 16.6. The fraction of sp³-hybridized carbons (Fsp3) is 0.167. The molecule has 0 atom stereocenters.